The van der Waals surface area contributed by atoms with Gasteiger partial charge in [-0.3, -0.25) is 4.98 Å². The number of benzene rings is 2. The summed E-state index contributed by atoms with van der Waals surface area (Å²) in [5.41, 5.74) is 1.75. The normalized spacial score (nSPS) is 10.8. The smallest absolute Gasteiger partial charge is 0.149 e. The number of halogens is 3. The number of nitrogens with zero attached hydrogens (tertiary/aromatic N) is 1. The molecular weight excluding hydrogens is 310 g/mol. The number of rotatable bonds is 3. The van der Waals surface area contributed by atoms with Crippen LogP contribution in [0.4, 0.5) is 10.1 Å². The highest BCUT2D eigenvalue weighted by atomic mass is 35.5. The Morgan fingerprint density at radius 1 is 1.05 bits per heavy atom. The Balaban J connectivity index is 1.83. The lowest BCUT2D eigenvalue weighted by Crippen LogP contribution is -2.00. The van der Waals surface area contributed by atoms with Crippen molar-refractivity contribution < 1.29 is 4.39 Å². The van der Waals surface area contributed by atoms with Crippen molar-refractivity contribution in [2.75, 3.05) is 5.32 Å². The molecule has 0 aliphatic heterocycles. The van der Waals surface area contributed by atoms with Crippen LogP contribution in [0.2, 0.25) is 10.0 Å². The van der Waals surface area contributed by atoms with Gasteiger partial charge >= 0.3 is 0 Å². The van der Waals surface area contributed by atoms with E-state index in [0.717, 1.165) is 16.6 Å². The predicted molar refractivity (Wildman–Crippen MR) is 85.5 cm³/mol. The van der Waals surface area contributed by atoms with Gasteiger partial charge in [-0.1, -0.05) is 35.3 Å². The lowest BCUT2D eigenvalue weighted by molar-refractivity contribution is 0.634. The van der Waals surface area contributed by atoms with Crippen LogP contribution in [0.25, 0.3) is 10.8 Å². The molecule has 1 N–H and O–H groups in total. The van der Waals surface area contributed by atoms with E-state index in [1.54, 1.807) is 24.4 Å². The summed E-state index contributed by atoms with van der Waals surface area (Å²) < 4.78 is 13.7. The van der Waals surface area contributed by atoms with Crippen LogP contribution in [0.5, 0.6) is 0 Å². The second-order valence-electron chi connectivity index (χ2n) is 4.65. The third kappa shape index (κ3) is 3.09. The highest BCUT2D eigenvalue weighted by Gasteiger charge is 2.04. The molecule has 2 nitrogen and oxygen atoms in total. The first kappa shape index (κ1) is 14.1. The summed E-state index contributed by atoms with van der Waals surface area (Å²) in [6.45, 7) is 0.536. The van der Waals surface area contributed by atoms with Crippen LogP contribution in [-0.4, -0.2) is 4.98 Å². The Hall–Kier alpha value is -1.84. The van der Waals surface area contributed by atoms with Crippen molar-refractivity contribution in [3.63, 3.8) is 0 Å². The number of hydrogen-bond acceptors (Lipinski definition) is 2. The van der Waals surface area contributed by atoms with Gasteiger partial charge in [-0.25, -0.2) is 4.39 Å². The Kier molecular flexibility index (Phi) is 3.95. The minimum atomic E-state index is -0.333. The van der Waals surface area contributed by atoms with Crippen molar-refractivity contribution in [1.82, 2.24) is 4.98 Å². The molecule has 5 heteroatoms. The molecular formula is C16H11Cl2FN2. The summed E-state index contributed by atoms with van der Waals surface area (Å²) in [5, 5.41) is 5.74. The largest absolute Gasteiger partial charge is 0.381 e. The molecule has 0 spiro atoms. The average molecular weight is 321 g/mol. The second kappa shape index (κ2) is 5.88. The van der Waals surface area contributed by atoms with E-state index in [1.807, 2.05) is 18.2 Å². The highest BCUT2D eigenvalue weighted by Crippen LogP contribution is 2.24. The molecule has 0 unspecified atom stereocenters. The van der Waals surface area contributed by atoms with Crippen LogP contribution < -0.4 is 5.32 Å². The SMILES string of the molecule is Fc1cncc2ccc(NCc3ccc(Cl)cc3Cl)cc12. The van der Waals surface area contributed by atoms with Gasteiger partial charge < -0.3 is 5.32 Å². The van der Waals surface area contributed by atoms with Gasteiger partial charge in [0.25, 0.3) is 0 Å². The Bertz CT molecular complexity index is 805. The van der Waals surface area contributed by atoms with Crippen LogP contribution in [0.3, 0.4) is 0 Å². The maximum atomic E-state index is 13.7. The summed E-state index contributed by atoms with van der Waals surface area (Å²) in [6.07, 6.45) is 2.85. The van der Waals surface area contributed by atoms with Crippen LogP contribution in [0, 0.1) is 5.82 Å². The number of pyridine rings is 1. The lowest BCUT2D eigenvalue weighted by Gasteiger charge is -2.09. The van der Waals surface area contributed by atoms with E-state index in [4.69, 9.17) is 23.2 Å². The van der Waals surface area contributed by atoms with Gasteiger partial charge in [-0.05, 0) is 29.8 Å². The molecule has 3 rings (SSSR count). The van der Waals surface area contributed by atoms with E-state index >= 15 is 0 Å². The number of aromatic nitrogens is 1. The Morgan fingerprint density at radius 2 is 1.90 bits per heavy atom. The molecule has 106 valence electrons. The molecule has 0 aliphatic carbocycles. The van der Waals surface area contributed by atoms with E-state index in [1.165, 1.54) is 6.20 Å². The van der Waals surface area contributed by atoms with Crippen LogP contribution >= 0.6 is 23.2 Å². The van der Waals surface area contributed by atoms with E-state index < -0.39 is 0 Å². The van der Waals surface area contributed by atoms with Crippen LogP contribution in [0.1, 0.15) is 5.56 Å². The van der Waals surface area contributed by atoms with Gasteiger partial charge in [0.1, 0.15) is 5.82 Å². The van der Waals surface area contributed by atoms with Crippen molar-refractivity contribution >= 4 is 39.7 Å². The molecule has 2 aromatic carbocycles. The second-order valence-corrected chi connectivity index (χ2v) is 5.49. The summed E-state index contributed by atoms with van der Waals surface area (Å²) >= 11 is 12.0. The first-order valence-electron chi connectivity index (χ1n) is 6.34. The van der Waals surface area contributed by atoms with Crippen molar-refractivity contribution in [3.05, 3.63) is 70.2 Å². The average Bonchev–Trinajstić information content (AvgIpc) is 2.47. The molecule has 0 saturated heterocycles. The molecule has 1 aromatic heterocycles. The first-order valence-corrected chi connectivity index (χ1v) is 7.10. The zero-order valence-electron chi connectivity index (χ0n) is 10.9. The molecule has 0 saturated carbocycles. The lowest BCUT2D eigenvalue weighted by atomic mass is 10.1. The monoisotopic (exact) mass is 320 g/mol. The molecule has 0 bridgehead atoms. The third-order valence-corrected chi connectivity index (χ3v) is 3.80. The predicted octanol–water partition coefficient (Wildman–Crippen LogP) is 5.29. The van der Waals surface area contributed by atoms with E-state index in [2.05, 4.69) is 10.3 Å². The summed E-state index contributed by atoms with van der Waals surface area (Å²) in [6, 6.07) is 10.8. The zero-order valence-corrected chi connectivity index (χ0v) is 12.4. The van der Waals surface area contributed by atoms with Crippen molar-refractivity contribution in [1.29, 1.82) is 0 Å². The third-order valence-electron chi connectivity index (χ3n) is 3.21. The van der Waals surface area contributed by atoms with E-state index in [9.17, 15) is 4.39 Å². The minimum Gasteiger partial charge on any atom is -0.381 e. The van der Waals surface area contributed by atoms with Crippen molar-refractivity contribution in [2.45, 2.75) is 6.54 Å². The standard InChI is InChI=1S/C16H11Cl2FN2/c17-12-3-1-11(15(18)5-12)8-21-13-4-2-10-7-20-9-16(19)14(10)6-13/h1-7,9,21H,8H2. The maximum Gasteiger partial charge on any atom is 0.149 e. The molecule has 3 aromatic rings. The minimum absolute atomic E-state index is 0.333. The summed E-state index contributed by atoms with van der Waals surface area (Å²) in [7, 11) is 0. The van der Waals surface area contributed by atoms with Gasteiger partial charge in [0.05, 0.1) is 6.20 Å². The van der Waals surface area contributed by atoms with E-state index in [0.29, 0.717) is 22.0 Å². The zero-order chi connectivity index (χ0) is 14.8. The quantitative estimate of drug-likeness (QED) is 0.709. The summed E-state index contributed by atoms with van der Waals surface area (Å²) in [4.78, 5) is 3.83. The molecule has 21 heavy (non-hydrogen) atoms. The number of nitrogens with one attached hydrogen (secondary N) is 1. The summed E-state index contributed by atoms with van der Waals surface area (Å²) in [5.74, 6) is -0.333. The fourth-order valence-electron chi connectivity index (χ4n) is 2.10. The molecule has 0 radical (unpaired) electrons. The van der Waals surface area contributed by atoms with E-state index in [-0.39, 0.29) is 5.82 Å². The van der Waals surface area contributed by atoms with Gasteiger partial charge in [-0.2, -0.15) is 0 Å². The van der Waals surface area contributed by atoms with Crippen LogP contribution in [0.15, 0.2) is 48.8 Å². The fourth-order valence-corrected chi connectivity index (χ4v) is 2.58. The van der Waals surface area contributed by atoms with Crippen molar-refractivity contribution in [2.24, 2.45) is 0 Å². The van der Waals surface area contributed by atoms with Gasteiger partial charge in [0.2, 0.25) is 0 Å². The first-order chi connectivity index (χ1) is 10.1. The van der Waals surface area contributed by atoms with Gasteiger partial charge in [0, 0.05) is 39.2 Å². The number of anilines is 1. The van der Waals surface area contributed by atoms with Gasteiger partial charge in [-0.15, -0.1) is 0 Å². The highest BCUT2D eigenvalue weighted by molar-refractivity contribution is 6.35. The molecule has 0 fully saturated rings. The topological polar surface area (TPSA) is 24.9 Å². The number of fused-ring (bicyclic) bond motifs is 1. The Morgan fingerprint density at radius 3 is 2.71 bits per heavy atom. The molecule has 1 heterocycles. The molecule has 0 amide bonds. The Labute approximate surface area is 131 Å². The van der Waals surface area contributed by atoms with Crippen molar-refractivity contribution in [3.8, 4) is 0 Å². The van der Waals surface area contributed by atoms with Crippen LogP contribution in [-0.2, 0) is 6.54 Å². The molecule has 0 atom stereocenters. The maximum absolute atomic E-state index is 13.7. The number of hydrogen-bond donors (Lipinski definition) is 1. The van der Waals surface area contributed by atoms with Gasteiger partial charge in [0.15, 0.2) is 0 Å². The fraction of sp³-hybridized carbons (Fsp3) is 0.0625. The molecule has 0 aliphatic rings.